The molecule has 1 N–H and O–H groups in total. The van der Waals surface area contributed by atoms with Crippen molar-refractivity contribution in [1.82, 2.24) is 15.5 Å². The lowest BCUT2D eigenvalue weighted by atomic mass is 9.75. The van der Waals surface area contributed by atoms with Gasteiger partial charge in [0.25, 0.3) is 0 Å². The van der Waals surface area contributed by atoms with Gasteiger partial charge in [-0.25, -0.2) is 0 Å². The van der Waals surface area contributed by atoms with Crippen LogP contribution in [0.1, 0.15) is 49.9 Å². The molecule has 0 amide bonds. The molecule has 0 atom stereocenters. The van der Waals surface area contributed by atoms with Crippen LogP contribution < -0.4 is 5.32 Å². The number of nitrogens with zero attached hydrogens (tertiary/aromatic N) is 2. The molecule has 0 spiro atoms. The molecule has 4 heteroatoms. The molecule has 0 unspecified atom stereocenters. The van der Waals surface area contributed by atoms with E-state index in [0.717, 1.165) is 18.7 Å². The molecular formula is C16H21N3O. The van der Waals surface area contributed by atoms with Gasteiger partial charge in [-0.15, -0.1) is 0 Å². The summed E-state index contributed by atoms with van der Waals surface area (Å²) in [4.78, 5) is 4.46. The maximum atomic E-state index is 5.32. The Labute approximate surface area is 119 Å². The summed E-state index contributed by atoms with van der Waals surface area (Å²) in [5, 5.41) is 7.64. The van der Waals surface area contributed by atoms with Crippen LogP contribution in [-0.4, -0.2) is 15.7 Å². The van der Waals surface area contributed by atoms with Gasteiger partial charge in [-0.1, -0.05) is 42.4 Å². The quantitative estimate of drug-likeness (QED) is 0.877. The van der Waals surface area contributed by atoms with E-state index >= 15 is 0 Å². The van der Waals surface area contributed by atoms with E-state index in [4.69, 9.17) is 4.52 Å². The monoisotopic (exact) mass is 271 g/mol. The van der Waals surface area contributed by atoms with Crippen molar-refractivity contribution in [2.75, 3.05) is 0 Å². The van der Waals surface area contributed by atoms with Crippen LogP contribution in [0.15, 0.2) is 34.9 Å². The molecule has 3 rings (SSSR count). The number of nitrogens with one attached hydrogen (secondary N) is 1. The Bertz CT molecular complexity index is 540. The van der Waals surface area contributed by atoms with Gasteiger partial charge in [0.1, 0.15) is 0 Å². The molecule has 4 nitrogen and oxygen atoms in total. The van der Waals surface area contributed by atoms with E-state index in [0.29, 0.717) is 18.0 Å². The Morgan fingerprint density at radius 2 is 2.05 bits per heavy atom. The van der Waals surface area contributed by atoms with E-state index in [1.165, 1.54) is 24.8 Å². The fraction of sp³-hybridized carbons (Fsp3) is 0.500. The van der Waals surface area contributed by atoms with Crippen molar-refractivity contribution in [1.29, 1.82) is 0 Å². The molecule has 2 aromatic rings. The Morgan fingerprint density at radius 1 is 1.25 bits per heavy atom. The number of aromatic nitrogens is 2. The second kappa shape index (κ2) is 5.75. The zero-order chi connectivity index (χ0) is 13.8. The summed E-state index contributed by atoms with van der Waals surface area (Å²) in [6, 6.07) is 10.2. The first-order valence-corrected chi connectivity index (χ1v) is 7.40. The molecule has 1 fully saturated rings. The minimum atomic E-state index is 0.314. The first-order valence-electron chi connectivity index (χ1n) is 7.40. The van der Waals surface area contributed by atoms with Crippen molar-refractivity contribution in [3.63, 3.8) is 0 Å². The Kier molecular flexibility index (Phi) is 3.83. The standard InChI is InChI=1S/C16H21N3O/c1-2-16(9-6-10-16)17-12-15-18-14(19-20-15)11-13-7-4-3-5-8-13/h3-5,7-8,17H,2,6,9-12H2,1H3. The van der Waals surface area contributed by atoms with E-state index in [1.807, 2.05) is 18.2 Å². The van der Waals surface area contributed by atoms with Gasteiger partial charge in [-0.05, 0) is 31.2 Å². The van der Waals surface area contributed by atoms with E-state index in [2.05, 4.69) is 34.5 Å². The largest absolute Gasteiger partial charge is 0.338 e. The second-order valence-electron chi connectivity index (χ2n) is 5.61. The van der Waals surface area contributed by atoms with Crippen LogP contribution in [0.4, 0.5) is 0 Å². The summed E-state index contributed by atoms with van der Waals surface area (Å²) in [7, 11) is 0. The van der Waals surface area contributed by atoms with Gasteiger partial charge in [-0.3, -0.25) is 0 Å². The highest BCUT2D eigenvalue weighted by Gasteiger charge is 2.34. The van der Waals surface area contributed by atoms with Gasteiger partial charge >= 0.3 is 0 Å². The molecule has 1 aromatic carbocycles. The van der Waals surface area contributed by atoms with Crippen molar-refractivity contribution >= 4 is 0 Å². The molecule has 0 radical (unpaired) electrons. The number of hydrogen-bond donors (Lipinski definition) is 1. The molecule has 0 saturated heterocycles. The van der Waals surface area contributed by atoms with E-state index in [9.17, 15) is 0 Å². The second-order valence-corrected chi connectivity index (χ2v) is 5.61. The van der Waals surface area contributed by atoms with E-state index < -0.39 is 0 Å². The third-order valence-corrected chi connectivity index (χ3v) is 4.32. The van der Waals surface area contributed by atoms with Crippen molar-refractivity contribution in [3.05, 3.63) is 47.6 Å². The van der Waals surface area contributed by atoms with Crippen molar-refractivity contribution < 1.29 is 4.52 Å². The zero-order valence-electron chi connectivity index (χ0n) is 11.9. The third-order valence-electron chi connectivity index (χ3n) is 4.32. The number of benzene rings is 1. The highest BCUT2D eigenvalue weighted by molar-refractivity contribution is 5.18. The summed E-state index contributed by atoms with van der Waals surface area (Å²) < 4.78 is 5.32. The highest BCUT2D eigenvalue weighted by Crippen LogP contribution is 2.34. The van der Waals surface area contributed by atoms with Gasteiger partial charge in [0.2, 0.25) is 5.89 Å². The summed E-state index contributed by atoms with van der Waals surface area (Å²) in [6.07, 6.45) is 5.73. The van der Waals surface area contributed by atoms with Gasteiger partial charge in [0, 0.05) is 12.0 Å². The SMILES string of the molecule is CCC1(NCc2nc(Cc3ccccc3)no2)CCC1. The molecular weight excluding hydrogens is 250 g/mol. The normalized spacial score (nSPS) is 16.9. The van der Waals surface area contributed by atoms with Crippen LogP contribution >= 0.6 is 0 Å². The predicted molar refractivity (Wildman–Crippen MR) is 77.3 cm³/mol. The number of rotatable bonds is 6. The molecule has 1 aliphatic rings. The van der Waals surface area contributed by atoms with Gasteiger partial charge < -0.3 is 9.84 Å². The molecule has 1 aliphatic carbocycles. The van der Waals surface area contributed by atoms with E-state index in [1.54, 1.807) is 0 Å². The predicted octanol–water partition coefficient (Wildman–Crippen LogP) is 3.08. The molecule has 1 heterocycles. The summed E-state index contributed by atoms with van der Waals surface area (Å²) in [5.74, 6) is 1.45. The van der Waals surface area contributed by atoms with Crippen molar-refractivity contribution in [3.8, 4) is 0 Å². The van der Waals surface area contributed by atoms with E-state index in [-0.39, 0.29) is 0 Å². The van der Waals surface area contributed by atoms with Crippen LogP contribution in [0, 0.1) is 0 Å². The summed E-state index contributed by atoms with van der Waals surface area (Å²) in [6.45, 7) is 2.91. The van der Waals surface area contributed by atoms with Crippen LogP contribution in [0.25, 0.3) is 0 Å². The molecule has 1 saturated carbocycles. The van der Waals surface area contributed by atoms with Crippen LogP contribution in [-0.2, 0) is 13.0 Å². The average Bonchev–Trinajstić information content (AvgIpc) is 2.87. The van der Waals surface area contributed by atoms with Crippen molar-refractivity contribution in [2.45, 2.75) is 51.1 Å². The average molecular weight is 271 g/mol. The Balaban J connectivity index is 1.57. The molecule has 0 bridgehead atoms. The third kappa shape index (κ3) is 2.90. The smallest absolute Gasteiger partial charge is 0.240 e. The Hall–Kier alpha value is -1.68. The molecule has 0 aliphatic heterocycles. The van der Waals surface area contributed by atoms with Gasteiger partial charge in [0.05, 0.1) is 6.54 Å². The zero-order valence-corrected chi connectivity index (χ0v) is 11.9. The highest BCUT2D eigenvalue weighted by atomic mass is 16.5. The fourth-order valence-electron chi connectivity index (χ4n) is 2.73. The minimum absolute atomic E-state index is 0.314. The molecule has 106 valence electrons. The maximum absolute atomic E-state index is 5.32. The molecule has 1 aromatic heterocycles. The lowest BCUT2D eigenvalue weighted by molar-refractivity contribution is 0.167. The summed E-state index contributed by atoms with van der Waals surface area (Å²) in [5.41, 5.74) is 1.52. The fourth-order valence-corrected chi connectivity index (χ4v) is 2.73. The first-order chi connectivity index (χ1) is 9.80. The van der Waals surface area contributed by atoms with Gasteiger partial charge in [-0.2, -0.15) is 4.98 Å². The van der Waals surface area contributed by atoms with Crippen molar-refractivity contribution in [2.24, 2.45) is 0 Å². The topological polar surface area (TPSA) is 51.0 Å². The van der Waals surface area contributed by atoms with Crippen LogP contribution in [0.2, 0.25) is 0 Å². The Morgan fingerprint density at radius 3 is 2.70 bits per heavy atom. The summed E-state index contributed by atoms with van der Waals surface area (Å²) >= 11 is 0. The first kappa shape index (κ1) is 13.3. The van der Waals surface area contributed by atoms with Gasteiger partial charge in [0.15, 0.2) is 5.82 Å². The lowest BCUT2D eigenvalue weighted by Gasteiger charge is -2.42. The van der Waals surface area contributed by atoms with Crippen LogP contribution in [0.3, 0.4) is 0 Å². The molecule has 20 heavy (non-hydrogen) atoms. The minimum Gasteiger partial charge on any atom is -0.338 e. The lowest BCUT2D eigenvalue weighted by Crippen LogP contribution is -2.49. The van der Waals surface area contributed by atoms with Crippen LogP contribution in [0.5, 0.6) is 0 Å². The number of hydrogen-bond acceptors (Lipinski definition) is 4. The maximum Gasteiger partial charge on any atom is 0.240 e.